The second-order valence-electron chi connectivity index (χ2n) is 6.32. The molecular weight excluding hydrogens is 400 g/mol. The maximum atomic E-state index is 13.0. The van der Waals surface area contributed by atoms with Gasteiger partial charge in [-0.15, -0.1) is 16.4 Å². The van der Waals surface area contributed by atoms with E-state index < -0.39 is 17.9 Å². The van der Waals surface area contributed by atoms with E-state index in [1.807, 2.05) is 53.9 Å². The predicted molar refractivity (Wildman–Crippen MR) is 113 cm³/mol. The number of carbonyl (C=O) groups excluding carboxylic acids is 2. The molecule has 0 aliphatic rings. The second-order valence-corrected chi connectivity index (χ2v) is 7.27. The summed E-state index contributed by atoms with van der Waals surface area (Å²) in [6, 6.07) is 21.2. The van der Waals surface area contributed by atoms with Crippen LogP contribution in [-0.4, -0.2) is 33.8 Å². The Balaban J connectivity index is 1.70. The van der Waals surface area contributed by atoms with Gasteiger partial charge in [0.25, 0.3) is 5.91 Å². The number of hydrogen-bond acceptors (Lipinski definition) is 6. The number of thiophene rings is 1. The van der Waals surface area contributed by atoms with Crippen molar-refractivity contribution in [1.29, 1.82) is 0 Å². The van der Waals surface area contributed by atoms with E-state index in [0.29, 0.717) is 11.4 Å². The molecule has 2 aromatic heterocycles. The van der Waals surface area contributed by atoms with Gasteiger partial charge in [0.2, 0.25) is 5.82 Å². The van der Waals surface area contributed by atoms with E-state index in [0.717, 1.165) is 10.6 Å². The van der Waals surface area contributed by atoms with Gasteiger partial charge >= 0.3 is 5.97 Å². The maximum absolute atomic E-state index is 13.0. The van der Waals surface area contributed by atoms with Crippen molar-refractivity contribution >= 4 is 23.2 Å². The third kappa shape index (κ3) is 3.99. The second kappa shape index (κ2) is 8.71. The molecule has 0 spiro atoms. The lowest BCUT2D eigenvalue weighted by Gasteiger charge is -2.15. The fourth-order valence-electron chi connectivity index (χ4n) is 2.96. The SMILES string of the molecule is COC(=O)C(NC(=O)c1nc(-c2cccs2)n(-c2ccccc2)n1)c1ccccc1. The summed E-state index contributed by atoms with van der Waals surface area (Å²) in [5.74, 6) is -0.625. The molecule has 1 unspecified atom stereocenters. The van der Waals surface area contributed by atoms with Gasteiger partial charge in [-0.1, -0.05) is 54.6 Å². The summed E-state index contributed by atoms with van der Waals surface area (Å²) in [6.45, 7) is 0. The summed E-state index contributed by atoms with van der Waals surface area (Å²) < 4.78 is 6.48. The van der Waals surface area contributed by atoms with Crippen LogP contribution in [0.2, 0.25) is 0 Å². The van der Waals surface area contributed by atoms with Gasteiger partial charge in [-0.05, 0) is 29.1 Å². The van der Waals surface area contributed by atoms with Crippen LogP contribution >= 0.6 is 11.3 Å². The Morgan fingerprint density at radius 2 is 1.70 bits per heavy atom. The van der Waals surface area contributed by atoms with E-state index in [1.165, 1.54) is 18.4 Å². The van der Waals surface area contributed by atoms with E-state index >= 15 is 0 Å². The van der Waals surface area contributed by atoms with Crippen molar-refractivity contribution in [3.8, 4) is 16.4 Å². The fraction of sp³-hybridized carbons (Fsp3) is 0.0909. The van der Waals surface area contributed by atoms with Crippen molar-refractivity contribution in [2.24, 2.45) is 0 Å². The standard InChI is InChI=1S/C22H18N4O3S/c1-29-22(28)18(15-9-4-2-5-10-15)23-21(27)19-24-20(17-13-8-14-30-17)26(25-19)16-11-6-3-7-12-16/h2-14,18H,1H3,(H,23,27). The normalized spacial score (nSPS) is 11.6. The average Bonchev–Trinajstić information content (AvgIpc) is 3.48. The zero-order chi connectivity index (χ0) is 20.9. The molecule has 0 saturated heterocycles. The topological polar surface area (TPSA) is 86.1 Å². The van der Waals surface area contributed by atoms with Crippen LogP contribution in [0, 0.1) is 0 Å². The van der Waals surface area contributed by atoms with Crippen LogP contribution in [-0.2, 0) is 9.53 Å². The van der Waals surface area contributed by atoms with Crippen LogP contribution in [0.4, 0.5) is 0 Å². The molecule has 2 aromatic carbocycles. The van der Waals surface area contributed by atoms with E-state index in [1.54, 1.807) is 28.9 Å². The number of hydrogen-bond donors (Lipinski definition) is 1. The van der Waals surface area contributed by atoms with Crippen molar-refractivity contribution < 1.29 is 14.3 Å². The number of methoxy groups -OCH3 is 1. The van der Waals surface area contributed by atoms with Crippen molar-refractivity contribution in [1.82, 2.24) is 20.1 Å². The Bertz CT molecular complexity index is 1140. The van der Waals surface area contributed by atoms with E-state index in [-0.39, 0.29) is 5.82 Å². The van der Waals surface area contributed by atoms with Crippen LogP contribution in [0.3, 0.4) is 0 Å². The summed E-state index contributed by atoms with van der Waals surface area (Å²) in [7, 11) is 1.28. The Morgan fingerprint density at radius 3 is 2.33 bits per heavy atom. The molecule has 0 aliphatic carbocycles. The first-order valence-electron chi connectivity index (χ1n) is 9.17. The summed E-state index contributed by atoms with van der Waals surface area (Å²) in [5.41, 5.74) is 1.39. The van der Waals surface area contributed by atoms with Gasteiger partial charge in [0.15, 0.2) is 11.9 Å². The molecule has 1 amide bonds. The van der Waals surface area contributed by atoms with E-state index in [9.17, 15) is 9.59 Å². The summed E-state index contributed by atoms with van der Waals surface area (Å²) in [6.07, 6.45) is 0. The molecule has 1 N–H and O–H groups in total. The smallest absolute Gasteiger partial charge is 0.333 e. The molecule has 1 atom stereocenters. The molecule has 150 valence electrons. The van der Waals surface area contributed by atoms with Crippen LogP contribution in [0.5, 0.6) is 0 Å². The summed E-state index contributed by atoms with van der Waals surface area (Å²) in [4.78, 5) is 30.6. The number of amides is 1. The van der Waals surface area contributed by atoms with Gasteiger partial charge < -0.3 is 10.1 Å². The number of nitrogens with zero attached hydrogens (tertiary/aromatic N) is 3. The first kappa shape index (κ1) is 19.5. The lowest BCUT2D eigenvalue weighted by Crippen LogP contribution is -2.35. The minimum atomic E-state index is -0.961. The Kier molecular flexibility index (Phi) is 5.67. The minimum absolute atomic E-state index is 0.0351. The van der Waals surface area contributed by atoms with E-state index in [2.05, 4.69) is 15.4 Å². The molecule has 30 heavy (non-hydrogen) atoms. The number of esters is 1. The molecule has 0 radical (unpaired) electrons. The number of nitrogens with one attached hydrogen (secondary N) is 1. The van der Waals surface area contributed by atoms with Gasteiger partial charge in [0.05, 0.1) is 17.7 Å². The average molecular weight is 418 g/mol. The van der Waals surface area contributed by atoms with Gasteiger partial charge in [-0.25, -0.2) is 14.5 Å². The predicted octanol–water partition coefficient (Wildman–Crippen LogP) is 3.64. The first-order valence-corrected chi connectivity index (χ1v) is 10.1. The minimum Gasteiger partial charge on any atom is -0.467 e. The van der Waals surface area contributed by atoms with Crippen molar-refractivity contribution in [2.45, 2.75) is 6.04 Å². The quantitative estimate of drug-likeness (QED) is 0.483. The number of rotatable bonds is 6. The number of para-hydroxylation sites is 1. The molecule has 0 aliphatic heterocycles. The third-order valence-corrected chi connectivity index (χ3v) is 5.26. The maximum Gasteiger partial charge on any atom is 0.333 e. The molecular formula is C22H18N4O3S. The third-order valence-electron chi connectivity index (χ3n) is 4.40. The van der Waals surface area contributed by atoms with Gasteiger partial charge in [0, 0.05) is 0 Å². The molecule has 7 nitrogen and oxygen atoms in total. The van der Waals surface area contributed by atoms with Crippen molar-refractivity contribution in [3.63, 3.8) is 0 Å². The van der Waals surface area contributed by atoms with Gasteiger partial charge in [-0.3, -0.25) is 4.79 Å². The highest BCUT2D eigenvalue weighted by atomic mass is 32.1. The highest BCUT2D eigenvalue weighted by Crippen LogP contribution is 2.25. The number of ether oxygens (including phenoxy) is 1. The molecule has 0 bridgehead atoms. The van der Waals surface area contributed by atoms with Crippen LogP contribution < -0.4 is 5.32 Å². The molecule has 0 fully saturated rings. The first-order chi connectivity index (χ1) is 14.7. The Hall–Kier alpha value is -3.78. The van der Waals surface area contributed by atoms with Crippen molar-refractivity contribution in [3.05, 3.63) is 89.6 Å². The Labute approximate surface area is 177 Å². The lowest BCUT2D eigenvalue weighted by atomic mass is 10.1. The number of aromatic nitrogens is 3. The zero-order valence-corrected chi connectivity index (χ0v) is 16.9. The monoisotopic (exact) mass is 418 g/mol. The molecule has 4 rings (SSSR count). The zero-order valence-electron chi connectivity index (χ0n) is 16.1. The largest absolute Gasteiger partial charge is 0.467 e. The molecule has 8 heteroatoms. The fourth-order valence-corrected chi connectivity index (χ4v) is 3.66. The summed E-state index contributed by atoms with van der Waals surface area (Å²) in [5, 5.41) is 9.04. The van der Waals surface area contributed by atoms with Gasteiger partial charge in [-0.2, -0.15) is 0 Å². The lowest BCUT2D eigenvalue weighted by molar-refractivity contribution is -0.143. The highest BCUT2D eigenvalue weighted by molar-refractivity contribution is 7.13. The molecule has 2 heterocycles. The number of carbonyl (C=O) groups is 2. The van der Waals surface area contributed by atoms with Gasteiger partial charge in [0.1, 0.15) is 0 Å². The van der Waals surface area contributed by atoms with E-state index in [4.69, 9.17) is 4.74 Å². The molecule has 0 saturated carbocycles. The summed E-state index contributed by atoms with van der Waals surface area (Å²) >= 11 is 1.50. The van der Waals surface area contributed by atoms with Crippen LogP contribution in [0.1, 0.15) is 22.2 Å². The van der Waals surface area contributed by atoms with Crippen LogP contribution in [0.15, 0.2) is 78.2 Å². The van der Waals surface area contributed by atoms with Crippen molar-refractivity contribution in [2.75, 3.05) is 7.11 Å². The highest BCUT2D eigenvalue weighted by Gasteiger charge is 2.27. The Morgan fingerprint density at radius 1 is 1.00 bits per heavy atom. The van der Waals surface area contributed by atoms with Crippen LogP contribution in [0.25, 0.3) is 16.4 Å². The number of benzene rings is 2. The molecule has 4 aromatic rings.